The summed E-state index contributed by atoms with van der Waals surface area (Å²) in [6, 6.07) is 16.7. The van der Waals surface area contributed by atoms with Gasteiger partial charge in [-0.15, -0.1) is 0 Å². The molecule has 0 radical (unpaired) electrons. The molecule has 1 unspecified atom stereocenters. The molecule has 0 spiro atoms. The summed E-state index contributed by atoms with van der Waals surface area (Å²) in [5.74, 6) is 0.573. The highest BCUT2D eigenvalue weighted by Crippen LogP contribution is 2.27. The molecule has 2 N–H and O–H groups in total. The second-order valence-corrected chi connectivity index (χ2v) is 5.25. The third-order valence-corrected chi connectivity index (χ3v) is 3.82. The second-order valence-electron chi connectivity index (χ2n) is 4.81. The molecule has 19 heavy (non-hydrogen) atoms. The maximum Gasteiger partial charge on any atom is 0.0406 e. The molecular formula is C17H20ClN. The molecule has 2 aromatic carbocycles. The normalized spacial score (nSPS) is 12.4. The largest absolute Gasteiger partial charge is 0.330 e. The minimum atomic E-state index is 0.573. The van der Waals surface area contributed by atoms with Gasteiger partial charge in [-0.3, -0.25) is 0 Å². The molecule has 1 nitrogen and oxygen atoms in total. The van der Waals surface area contributed by atoms with Gasteiger partial charge in [0.2, 0.25) is 0 Å². The molecule has 0 aliphatic carbocycles. The van der Waals surface area contributed by atoms with Crippen LogP contribution in [0.15, 0.2) is 48.5 Å². The maximum absolute atomic E-state index is 5.91. The molecule has 2 heteroatoms. The number of halogens is 1. The predicted octanol–water partition coefficient (Wildman–Crippen LogP) is 4.85. The fourth-order valence-corrected chi connectivity index (χ4v) is 2.52. The van der Waals surface area contributed by atoms with E-state index in [0.29, 0.717) is 5.92 Å². The van der Waals surface area contributed by atoms with E-state index in [-0.39, 0.29) is 0 Å². The van der Waals surface area contributed by atoms with Gasteiger partial charge in [-0.1, -0.05) is 54.9 Å². The van der Waals surface area contributed by atoms with E-state index in [1.165, 1.54) is 16.7 Å². The summed E-state index contributed by atoms with van der Waals surface area (Å²) in [5.41, 5.74) is 9.47. The zero-order valence-electron chi connectivity index (χ0n) is 11.3. The van der Waals surface area contributed by atoms with Crippen molar-refractivity contribution in [3.05, 3.63) is 59.1 Å². The number of rotatable bonds is 5. The summed E-state index contributed by atoms with van der Waals surface area (Å²) in [6.07, 6.45) is 2.19. The van der Waals surface area contributed by atoms with Crippen molar-refractivity contribution in [1.82, 2.24) is 0 Å². The van der Waals surface area contributed by atoms with Crippen LogP contribution in [0.4, 0.5) is 0 Å². The molecule has 0 aromatic heterocycles. The monoisotopic (exact) mass is 273 g/mol. The summed E-state index contributed by atoms with van der Waals surface area (Å²) < 4.78 is 0. The summed E-state index contributed by atoms with van der Waals surface area (Å²) in [6.45, 7) is 2.96. The minimum absolute atomic E-state index is 0.573. The van der Waals surface area contributed by atoms with E-state index in [1.807, 2.05) is 12.1 Å². The molecule has 0 saturated carbocycles. The standard InChI is InChI=1S/C17H20ClN/c1-2-13(11-12-19)14-3-5-15(6-4-14)16-7-9-17(18)10-8-16/h3-10,13H,2,11-12,19H2,1H3. The van der Waals surface area contributed by atoms with E-state index in [2.05, 4.69) is 43.3 Å². The SMILES string of the molecule is CCC(CCN)c1ccc(-c2ccc(Cl)cc2)cc1. The van der Waals surface area contributed by atoms with E-state index >= 15 is 0 Å². The average molecular weight is 274 g/mol. The number of benzene rings is 2. The first kappa shape index (κ1) is 14.1. The molecule has 100 valence electrons. The van der Waals surface area contributed by atoms with Crippen molar-refractivity contribution in [3.63, 3.8) is 0 Å². The lowest BCUT2D eigenvalue weighted by Gasteiger charge is -2.14. The van der Waals surface area contributed by atoms with Crippen LogP contribution >= 0.6 is 11.6 Å². The molecule has 0 aliphatic heterocycles. The number of hydrogen-bond acceptors (Lipinski definition) is 1. The van der Waals surface area contributed by atoms with Gasteiger partial charge in [0.1, 0.15) is 0 Å². The van der Waals surface area contributed by atoms with Crippen LogP contribution in [-0.2, 0) is 0 Å². The lowest BCUT2D eigenvalue weighted by molar-refractivity contribution is 0.614. The van der Waals surface area contributed by atoms with Gasteiger partial charge < -0.3 is 5.73 Å². The molecule has 1 atom stereocenters. The Morgan fingerprint density at radius 3 is 1.95 bits per heavy atom. The van der Waals surface area contributed by atoms with Crippen molar-refractivity contribution < 1.29 is 0 Å². The number of hydrogen-bond donors (Lipinski definition) is 1. The summed E-state index contributed by atoms with van der Waals surface area (Å²) in [5, 5.41) is 0.773. The number of nitrogens with two attached hydrogens (primary N) is 1. The fourth-order valence-electron chi connectivity index (χ4n) is 2.40. The molecule has 0 heterocycles. The predicted molar refractivity (Wildman–Crippen MR) is 83.6 cm³/mol. The van der Waals surface area contributed by atoms with Crippen molar-refractivity contribution in [1.29, 1.82) is 0 Å². The molecule has 2 rings (SSSR count). The average Bonchev–Trinajstić information content (AvgIpc) is 2.46. The van der Waals surface area contributed by atoms with Crippen molar-refractivity contribution in [2.45, 2.75) is 25.7 Å². The third-order valence-electron chi connectivity index (χ3n) is 3.57. The Morgan fingerprint density at radius 2 is 1.47 bits per heavy atom. The smallest absolute Gasteiger partial charge is 0.0406 e. The van der Waals surface area contributed by atoms with Crippen LogP contribution in [0, 0.1) is 0 Å². The lowest BCUT2D eigenvalue weighted by atomic mass is 9.92. The summed E-state index contributed by atoms with van der Waals surface area (Å²) in [4.78, 5) is 0. The zero-order chi connectivity index (χ0) is 13.7. The highest BCUT2D eigenvalue weighted by Gasteiger charge is 2.08. The van der Waals surface area contributed by atoms with Crippen molar-refractivity contribution in [3.8, 4) is 11.1 Å². The highest BCUT2D eigenvalue weighted by atomic mass is 35.5. The Bertz CT molecular complexity index is 502. The third kappa shape index (κ3) is 3.59. The zero-order valence-corrected chi connectivity index (χ0v) is 12.0. The van der Waals surface area contributed by atoms with Crippen molar-refractivity contribution >= 4 is 11.6 Å². The highest BCUT2D eigenvalue weighted by molar-refractivity contribution is 6.30. The van der Waals surface area contributed by atoms with Gasteiger partial charge in [0.15, 0.2) is 0 Å². The lowest BCUT2D eigenvalue weighted by Crippen LogP contribution is -2.06. The van der Waals surface area contributed by atoms with E-state index < -0.39 is 0 Å². The van der Waals surface area contributed by atoms with Crippen LogP contribution in [0.1, 0.15) is 31.2 Å². The van der Waals surface area contributed by atoms with Crippen LogP contribution in [0.3, 0.4) is 0 Å². The molecular weight excluding hydrogens is 254 g/mol. The summed E-state index contributed by atoms with van der Waals surface area (Å²) in [7, 11) is 0. The van der Waals surface area contributed by atoms with E-state index in [9.17, 15) is 0 Å². The van der Waals surface area contributed by atoms with E-state index in [4.69, 9.17) is 17.3 Å². The minimum Gasteiger partial charge on any atom is -0.330 e. The first-order valence-corrected chi connectivity index (χ1v) is 7.18. The Kier molecular flexibility index (Phi) is 5.00. The van der Waals surface area contributed by atoms with Crippen LogP contribution in [0.25, 0.3) is 11.1 Å². The van der Waals surface area contributed by atoms with Crippen LogP contribution < -0.4 is 5.73 Å². The van der Waals surface area contributed by atoms with Gasteiger partial charge in [0, 0.05) is 5.02 Å². The van der Waals surface area contributed by atoms with Gasteiger partial charge in [0.25, 0.3) is 0 Å². The first-order chi connectivity index (χ1) is 9.24. The van der Waals surface area contributed by atoms with Gasteiger partial charge in [-0.05, 0) is 54.1 Å². The van der Waals surface area contributed by atoms with Gasteiger partial charge >= 0.3 is 0 Å². The molecule has 2 aromatic rings. The molecule has 0 fully saturated rings. The molecule has 0 bridgehead atoms. The van der Waals surface area contributed by atoms with Crippen molar-refractivity contribution in [2.75, 3.05) is 6.54 Å². The second kappa shape index (κ2) is 6.74. The molecule has 0 saturated heterocycles. The summed E-state index contributed by atoms with van der Waals surface area (Å²) >= 11 is 5.91. The topological polar surface area (TPSA) is 26.0 Å². The quantitative estimate of drug-likeness (QED) is 0.828. The Labute approximate surface area is 120 Å². The first-order valence-electron chi connectivity index (χ1n) is 6.80. The van der Waals surface area contributed by atoms with Crippen LogP contribution in [0.5, 0.6) is 0 Å². The Hall–Kier alpha value is -1.31. The Morgan fingerprint density at radius 1 is 0.947 bits per heavy atom. The van der Waals surface area contributed by atoms with Gasteiger partial charge in [0.05, 0.1) is 0 Å². The fraction of sp³-hybridized carbons (Fsp3) is 0.294. The van der Waals surface area contributed by atoms with E-state index in [1.54, 1.807) is 0 Å². The van der Waals surface area contributed by atoms with Crippen LogP contribution in [-0.4, -0.2) is 6.54 Å². The van der Waals surface area contributed by atoms with Gasteiger partial charge in [-0.2, -0.15) is 0 Å². The van der Waals surface area contributed by atoms with Gasteiger partial charge in [-0.25, -0.2) is 0 Å². The maximum atomic E-state index is 5.91. The van der Waals surface area contributed by atoms with Crippen LogP contribution in [0.2, 0.25) is 5.02 Å². The van der Waals surface area contributed by atoms with Crippen molar-refractivity contribution in [2.24, 2.45) is 5.73 Å². The Balaban J connectivity index is 2.20. The molecule has 0 aliphatic rings. The molecule has 0 amide bonds. The van der Waals surface area contributed by atoms with E-state index in [0.717, 1.165) is 24.4 Å².